The molecule has 2 rings (SSSR count). The molecule has 0 fully saturated rings. The Labute approximate surface area is 132 Å². The number of rotatable bonds is 5. The molecule has 0 bridgehead atoms. The van der Waals surface area contributed by atoms with Crippen LogP contribution >= 0.6 is 0 Å². The highest BCUT2D eigenvalue weighted by Crippen LogP contribution is 2.24. The van der Waals surface area contributed by atoms with Crippen LogP contribution in [0.5, 0.6) is 11.5 Å². The number of hydrogen-bond donors (Lipinski definition) is 2. The molecule has 0 atom stereocenters. The predicted molar refractivity (Wildman–Crippen MR) is 82.0 cm³/mol. The molecule has 0 heterocycles. The second kappa shape index (κ2) is 7.13. The molecule has 0 saturated carbocycles. The van der Waals surface area contributed by atoms with Crippen LogP contribution in [0.15, 0.2) is 54.2 Å². The van der Waals surface area contributed by atoms with Crippen molar-refractivity contribution in [3.05, 3.63) is 65.4 Å². The first kappa shape index (κ1) is 16.1. The second-order valence-corrected chi connectivity index (χ2v) is 4.59. The van der Waals surface area contributed by atoms with Crippen LogP contribution in [0.4, 0.5) is 0 Å². The van der Waals surface area contributed by atoms with Gasteiger partial charge in [0.25, 0.3) is 5.91 Å². The third kappa shape index (κ3) is 4.10. The molecule has 0 spiro atoms. The lowest BCUT2D eigenvalue weighted by molar-refractivity contribution is -0.270. The van der Waals surface area contributed by atoms with Crippen LogP contribution in [0, 0.1) is 0 Å². The first-order chi connectivity index (χ1) is 11.0. The molecule has 2 aromatic carbocycles. The zero-order valence-corrected chi connectivity index (χ0v) is 12.3. The molecule has 0 aromatic heterocycles. The summed E-state index contributed by atoms with van der Waals surface area (Å²) < 4.78 is 4.90. The van der Waals surface area contributed by atoms with Gasteiger partial charge in [-0.3, -0.25) is 4.79 Å². The highest BCUT2D eigenvalue weighted by molar-refractivity contribution is 6.02. The van der Waals surface area contributed by atoms with E-state index in [2.05, 4.69) is 5.32 Å². The number of benzene rings is 2. The van der Waals surface area contributed by atoms with Crippen LogP contribution in [0.1, 0.15) is 15.9 Å². The zero-order valence-electron chi connectivity index (χ0n) is 12.3. The normalized spacial score (nSPS) is 10.9. The molecule has 23 heavy (non-hydrogen) atoms. The van der Waals surface area contributed by atoms with Crippen LogP contribution in [0.25, 0.3) is 6.08 Å². The third-order valence-electron chi connectivity index (χ3n) is 3.01. The number of carbonyl (C=O) groups excluding carboxylic acids is 1. The zero-order chi connectivity index (χ0) is 16.8. The average molecular weight is 312 g/mol. The van der Waals surface area contributed by atoms with Crippen LogP contribution in [0.2, 0.25) is 0 Å². The Morgan fingerprint density at radius 2 is 1.87 bits per heavy atom. The van der Waals surface area contributed by atoms with E-state index in [1.807, 2.05) is 0 Å². The van der Waals surface area contributed by atoms with Crippen molar-refractivity contribution in [3.8, 4) is 11.5 Å². The highest BCUT2D eigenvalue weighted by Gasteiger charge is 2.13. The summed E-state index contributed by atoms with van der Waals surface area (Å²) in [5, 5.41) is 23.0. The topological polar surface area (TPSA) is 98.7 Å². The summed E-state index contributed by atoms with van der Waals surface area (Å²) in [4.78, 5) is 23.4. The van der Waals surface area contributed by atoms with Gasteiger partial charge >= 0.3 is 5.97 Å². The Balaban J connectivity index is 2.28. The van der Waals surface area contributed by atoms with E-state index in [4.69, 9.17) is 4.74 Å². The Bertz CT molecular complexity index is 753. The maximum Gasteiger partial charge on any atom is 0.352 e. The number of carboxylic acid groups (broad SMARTS) is 1. The molecular weight excluding hydrogens is 298 g/mol. The number of nitrogens with one attached hydrogen (secondary N) is 1. The molecule has 6 nitrogen and oxygen atoms in total. The summed E-state index contributed by atoms with van der Waals surface area (Å²) >= 11 is 0. The van der Waals surface area contributed by atoms with Gasteiger partial charge in [0.05, 0.1) is 7.11 Å². The summed E-state index contributed by atoms with van der Waals surface area (Å²) in [7, 11) is 1.35. The van der Waals surface area contributed by atoms with E-state index in [9.17, 15) is 19.8 Å². The van der Waals surface area contributed by atoms with E-state index in [1.54, 1.807) is 30.3 Å². The van der Waals surface area contributed by atoms with Gasteiger partial charge in [-0.15, -0.1) is 0 Å². The van der Waals surface area contributed by atoms with Crippen LogP contribution in [0.3, 0.4) is 0 Å². The molecule has 2 N–H and O–H groups in total. The van der Waals surface area contributed by atoms with Gasteiger partial charge in [0.1, 0.15) is 11.4 Å². The summed E-state index contributed by atoms with van der Waals surface area (Å²) in [6.07, 6.45) is 1.26. The van der Waals surface area contributed by atoms with Crippen molar-refractivity contribution in [1.82, 2.24) is 5.32 Å². The summed E-state index contributed by atoms with van der Waals surface area (Å²) in [6.45, 7) is 0. The molecule has 0 radical (unpaired) electrons. The van der Waals surface area contributed by atoms with Crippen molar-refractivity contribution in [2.45, 2.75) is 0 Å². The average Bonchev–Trinajstić information content (AvgIpc) is 2.56. The van der Waals surface area contributed by atoms with Gasteiger partial charge in [-0.2, -0.15) is 0 Å². The van der Waals surface area contributed by atoms with E-state index in [0.717, 1.165) is 0 Å². The predicted octanol–water partition coefficient (Wildman–Crippen LogP) is 1.62. The molecule has 118 valence electrons. The number of carbonyl (C=O) groups is 2. The van der Waals surface area contributed by atoms with Crippen molar-refractivity contribution < 1.29 is 24.5 Å². The van der Waals surface area contributed by atoms with Gasteiger partial charge in [0.2, 0.25) is 0 Å². The number of carboxylic acids is 1. The van der Waals surface area contributed by atoms with Crippen molar-refractivity contribution in [2.75, 3.05) is 7.11 Å². The maximum absolute atomic E-state index is 12.0. The lowest BCUT2D eigenvalue weighted by Gasteiger charge is -2.12. The molecule has 6 heteroatoms. The first-order valence-electron chi connectivity index (χ1n) is 6.67. The molecule has 0 aliphatic rings. The molecule has 0 aliphatic heterocycles. The standard InChI is InChI=1S/C17H15NO5/c1-23-15-10-11(7-8-14(15)19)9-13(17(21)22)18-16(20)12-5-3-2-4-6-12/h2-10,19H,1H3,(H,18,20)(H,21,22)/p-1/b13-9+. The van der Waals surface area contributed by atoms with Crippen LogP contribution in [-0.2, 0) is 4.79 Å². The van der Waals surface area contributed by atoms with E-state index in [0.29, 0.717) is 11.1 Å². The maximum atomic E-state index is 12.0. The summed E-state index contributed by atoms with van der Waals surface area (Å²) in [6, 6.07) is 12.4. The SMILES string of the molecule is COc1cc(/C=C(/NC(=O)c2ccccc2)C(=O)O)ccc1[O-]. The van der Waals surface area contributed by atoms with E-state index in [-0.39, 0.29) is 17.2 Å². The van der Waals surface area contributed by atoms with Gasteiger partial charge < -0.3 is 20.3 Å². The Morgan fingerprint density at radius 1 is 1.17 bits per heavy atom. The lowest BCUT2D eigenvalue weighted by atomic mass is 10.1. The fraction of sp³-hybridized carbons (Fsp3) is 0.0588. The van der Waals surface area contributed by atoms with Gasteiger partial charge in [-0.05, 0) is 29.8 Å². The Morgan fingerprint density at radius 3 is 2.48 bits per heavy atom. The number of amides is 1. The van der Waals surface area contributed by atoms with Gasteiger partial charge in [-0.1, -0.05) is 36.1 Å². The minimum Gasteiger partial charge on any atom is -0.870 e. The van der Waals surface area contributed by atoms with Crippen molar-refractivity contribution in [1.29, 1.82) is 0 Å². The number of ether oxygens (including phenoxy) is 1. The van der Waals surface area contributed by atoms with Crippen LogP contribution < -0.4 is 15.2 Å². The smallest absolute Gasteiger partial charge is 0.352 e. The fourth-order valence-electron chi connectivity index (χ4n) is 1.88. The molecule has 1 amide bonds. The summed E-state index contributed by atoms with van der Waals surface area (Å²) in [5.41, 5.74) is 0.457. The summed E-state index contributed by atoms with van der Waals surface area (Å²) in [5.74, 6) is -2.04. The van der Waals surface area contributed by atoms with Gasteiger partial charge in [-0.25, -0.2) is 4.79 Å². The Hall–Kier alpha value is -3.28. The number of methoxy groups -OCH3 is 1. The minimum atomic E-state index is -1.29. The number of hydrogen-bond acceptors (Lipinski definition) is 4. The quantitative estimate of drug-likeness (QED) is 0.818. The minimum absolute atomic E-state index is 0.0953. The molecule has 2 aromatic rings. The number of aliphatic carboxylic acids is 1. The van der Waals surface area contributed by atoms with E-state index < -0.39 is 11.9 Å². The molecule has 0 unspecified atom stereocenters. The molecular formula is C17H14NO5-. The monoisotopic (exact) mass is 312 g/mol. The van der Waals surface area contributed by atoms with Gasteiger partial charge in [0, 0.05) is 5.56 Å². The Kier molecular flexibility index (Phi) is 4.99. The highest BCUT2D eigenvalue weighted by atomic mass is 16.5. The van der Waals surface area contributed by atoms with Gasteiger partial charge in [0.15, 0.2) is 0 Å². The van der Waals surface area contributed by atoms with Crippen molar-refractivity contribution >= 4 is 18.0 Å². The van der Waals surface area contributed by atoms with E-state index in [1.165, 1.54) is 31.4 Å². The van der Waals surface area contributed by atoms with Crippen LogP contribution in [-0.4, -0.2) is 24.1 Å². The van der Waals surface area contributed by atoms with Crippen molar-refractivity contribution in [2.24, 2.45) is 0 Å². The van der Waals surface area contributed by atoms with E-state index >= 15 is 0 Å². The second-order valence-electron chi connectivity index (χ2n) is 4.59. The lowest BCUT2D eigenvalue weighted by Crippen LogP contribution is -2.27. The molecule has 0 saturated heterocycles. The molecule has 0 aliphatic carbocycles. The third-order valence-corrected chi connectivity index (χ3v) is 3.01. The fourth-order valence-corrected chi connectivity index (χ4v) is 1.88. The first-order valence-corrected chi connectivity index (χ1v) is 6.67. The largest absolute Gasteiger partial charge is 0.870 e. The van der Waals surface area contributed by atoms with Crippen molar-refractivity contribution in [3.63, 3.8) is 0 Å².